The molecule has 0 aromatic rings. The van der Waals surface area contributed by atoms with E-state index in [4.69, 9.17) is 10.6 Å². The maximum atomic E-state index is 11.8. The Labute approximate surface area is 111 Å². The summed E-state index contributed by atoms with van der Waals surface area (Å²) in [6.07, 6.45) is 1.12. The van der Waals surface area contributed by atoms with E-state index in [0.29, 0.717) is 19.4 Å². The van der Waals surface area contributed by atoms with Crippen LogP contribution in [0.5, 0.6) is 0 Å². The van der Waals surface area contributed by atoms with Crippen molar-refractivity contribution in [1.29, 1.82) is 0 Å². The zero-order valence-electron chi connectivity index (χ0n) is 11.3. The monoisotopic (exact) mass is 276 g/mol. The fraction of sp³-hybridized carbons (Fsp3) is 0.778. The molecule has 0 saturated heterocycles. The van der Waals surface area contributed by atoms with Crippen LogP contribution in [-0.4, -0.2) is 55.8 Å². The molecule has 19 heavy (non-hydrogen) atoms. The van der Waals surface area contributed by atoms with E-state index in [9.17, 15) is 14.9 Å². The number of amides is 1. The van der Waals surface area contributed by atoms with Gasteiger partial charge in [-0.3, -0.25) is 9.63 Å². The molecule has 0 aromatic carbocycles. The second-order valence-corrected chi connectivity index (χ2v) is 3.65. The molecule has 0 spiro atoms. The van der Waals surface area contributed by atoms with Crippen molar-refractivity contribution in [2.75, 3.05) is 27.7 Å². The van der Waals surface area contributed by atoms with Crippen LogP contribution in [0.1, 0.15) is 12.8 Å². The minimum Gasteiger partial charge on any atom is -0.365 e. The summed E-state index contributed by atoms with van der Waals surface area (Å²) in [5, 5.41) is 18.6. The fourth-order valence-electron chi connectivity index (χ4n) is 1.35. The molecular formula is C9H20N6O4. The third-order valence-electron chi connectivity index (χ3n) is 2.40. The van der Waals surface area contributed by atoms with Crippen LogP contribution >= 0.6 is 0 Å². The zero-order valence-corrected chi connectivity index (χ0v) is 11.3. The molecular weight excluding hydrogens is 256 g/mol. The van der Waals surface area contributed by atoms with Crippen LogP contribution in [0.3, 0.4) is 0 Å². The number of hydrogen-bond donors (Lipinski definition) is 3. The van der Waals surface area contributed by atoms with Gasteiger partial charge < -0.3 is 16.4 Å². The van der Waals surface area contributed by atoms with Gasteiger partial charge in [0, 0.05) is 13.6 Å². The highest BCUT2D eigenvalue weighted by Crippen LogP contribution is 2.00. The Morgan fingerprint density at radius 1 is 1.63 bits per heavy atom. The molecule has 1 atom stereocenters. The molecule has 4 N–H and O–H groups in total. The second-order valence-electron chi connectivity index (χ2n) is 3.65. The van der Waals surface area contributed by atoms with Gasteiger partial charge in [0.05, 0.1) is 13.2 Å². The lowest BCUT2D eigenvalue weighted by atomic mass is 10.1. The summed E-state index contributed by atoms with van der Waals surface area (Å²) in [4.78, 5) is 26.6. The Balaban J connectivity index is 4.04. The number of rotatable bonds is 8. The smallest absolute Gasteiger partial charge is 0.266 e. The summed E-state index contributed by atoms with van der Waals surface area (Å²) in [6.45, 7) is 0.380. The van der Waals surface area contributed by atoms with E-state index >= 15 is 0 Å². The maximum absolute atomic E-state index is 11.8. The van der Waals surface area contributed by atoms with Gasteiger partial charge in [-0.15, -0.1) is 0 Å². The summed E-state index contributed by atoms with van der Waals surface area (Å²) in [7, 11) is 4.59. The normalized spacial score (nSPS) is 12.9. The number of nitro groups is 1. The molecule has 0 aliphatic rings. The molecule has 0 aliphatic carbocycles. The first-order chi connectivity index (χ1) is 8.92. The summed E-state index contributed by atoms with van der Waals surface area (Å²) < 4.78 is 0. The van der Waals surface area contributed by atoms with E-state index in [0.717, 1.165) is 5.06 Å². The van der Waals surface area contributed by atoms with Gasteiger partial charge >= 0.3 is 0 Å². The average molecular weight is 276 g/mol. The Morgan fingerprint density at radius 3 is 2.74 bits per heavy atom. The first-order valence-corrected chi connectivity index (χ1v) is 5.63. The number of nitrogens with zero attached hydrogens (tertiary/aromatic N) is 3. The molecule has 0 aromatic heterocycles. The lowest BCUT2D eigenvalue weighted by molar-refractivity contribution is -0.485. The number of likely N-dealkylation sites (N-methyl/N-ethyl adjacent to an activating group) is 2. The standard InChI is InChI=1S/C9H20N6O4/c1-11-7(8(16)14(2)19-3)5-4-6-12-9(10)13-15(17)18/h7,11H,4-6H2,1-3H3,(H3,10,12,13). The number of guanidine groups is 1. The maximum Gasteiger partial charge on any atom is 0.266 e. The molecule has 0 rings (SSSR count). The van der Waals surface area contributed by atoms with Crippen LogP contribution in [0, 0.1) is 10.1 Å². The number of nitrogens with two attached hydrogens (primary N) is 1. The van der Waals surface area contributed by atoms with Gasteiger partial charge in [-0.05, 0) is 19.9 Å². The molecule has 10 nitrogen and oxygen atoms in total. The lowest BCUT2D eigenvalue weighted by Crippen LogP contribution is -2.43. The SMILES string of the molecule is CNC(CCCN/C(N)=N/[N+](=O)[O-])C(=O)N(C)OC. The van der Waals surface area contributed by atoms with Gasteiger partial charge in [0.1, 0.15) is 5.10 Å². The molecule has 110 valence electrons. The van der Waals surface area contributed by atoms with E-state index in [-0.39, 0.29) is 17.9 Å². The highest BCUT2D eigenvalue weighted by atomic mass is 16.7. The summed E-state index contributed by atoms with van der Waals surface area (Å²) >= 11 is 0. The molecule has 0 fully saturated rings. The molecule has 0 bridgehead atoms. The van der Waals surface area contributed by atoms with Crippen LogP contribution in [0.25, 0.3) is 0 Å². The van der Waals surface area contributed by atoms with Crippen molar-refractivity contribution in [1.82, 2.24) is 15.7 Å². The Bertz CT molecular complexity index is 335. The number of nitrogens with one attached hydrogen (secondary N) is 2. The summed E-state index contributed by atoms with van der Waals surface area (Å²) in [5.41, 5.74) is 5.24. The van der Waals surface area contributed by atoms with Crippen molar-refractivity contribution >= 4 is 11.9 Å². The molecule has 0 aliphatic heterocycles. The first kappa shape index (κ1) is 17.1. The van der Waals surface area contributed by atoms with E-state index in [1.165, 1.54) is 14.2 Å². The van der Waals surface area contributed by atoms with E-state index in [1.54, 1.807) is 7.05 Å². The van der Waals surface area contributed by atoms with Crippen LogP contribution < -0.4 is 16.4 Å². The number of hydroxylamine groups is 2. The quantitative estimate of drug-likeness (QED) is 0.161. The first-order valence-electron chi connectivity index (χ1n) is 5.63. The van der Waals surface area contributed by atoms with Gasteiger partial charge in [0.2, 0.25) is 0 Å². The van der Waals surface area contributed by atoms with Crippen LogP contribution in [-0.2, 0) is 9.63 Å². The van der Waals surface area contributed by atoms with Gasteiger partial charge in [0.25, 0.3) is 11.9 Å². The third-order valence-corrected chi connectivity index (χ3v) is 2.40. The van der Waals surface area contributed by atoms with Gasteiger partial charge in [-0.1, -0.05) is 0 Å². The molecule has 10 heteroatoms. The largest absolute Gasteiger partial charge is 0.365 e. The van der Waals surface area contributed by atoms with E-state index in [2.05, 4.69) is 15.7 Å². The molecule has 1 amide bonds. The fourth-order valence-corrected chi connectivity index (χ4v) is 1.35. The van der Waals surface area contributed by atoms with Crippen molar-refractivity contribution in [3.05, 3.63) is 10.1 Å². The summed E-state index contributed by atoms with van der Waals surface area (Å²) in [5.74, 6) is -0.455. The predicted octanol–water partition coefficient (Wildman–Crippen LogP) is -1.53. The highest BCUT2D eigenvalue weighted by Gasteiger charge is 2.19. The predicted molar refractivity (Wildman–Crippen MR) is 68.5 cm³/mol. The minimum atomic E-state index is -0.879. The van der Waals surface area contributed by atoms with Gasteiger partial charge in [0.15, 0.2) is 5.03 Å². The summed E-state index contributed by atoms with van der Waals surface area (Å²) in [6, 6.07) is -0.388. The van der Waals surface area contributed by atoms with Crippen molar-refractivity contribution in [2.45, 2.75) is 18.9 Å². The molecule has 0 radical (unpaired) electrons. The van der Waals surface area contributed by atoms with Crippen LogP contribution in [0.15, 0.2) is 5.10 Å². The van der Waals surface area contributed by atoms with Gasteiger partial charge in [-0.2, -0.15) is 0 Å². The lowest BCUT2D eigenvalue weighted by Gasteiger charge is -2.21. The zero-order chi connectivity index (χ0) is 14.8. The van der Waals surface area contributed by atoms with Crippen molar-refractivity contribution in [3.8, 4) is 0 Å². The van der Waals surface area contributed by atoms with Crippen LogP contribution in [0.2, 0.25) is 0 Å². The van der Waals surface area contributed by atoms with E-state index in [1.807, 2.05) is 0 Å². The third kappa shape index (κ3) is 7.16. The van der Waals surface area contributed by atoms with Crippen molar-refractivity contribution in [2.24, 2.45) is 10.8 Å². The average Bonchev–Trinajstić information content (AvgIpc) is 2.36. The number of hydrogen-bond acceptors (Lipinski definition) is 5. The Kier molecular flexibility index (Phi) is 8.13. The highest BCUT2D eigenvalue weighted by molar-refractivity contribution is 5.80. The molecule has 1 unspecified atom stereocenters. The minimum absolute atomic E-state index is 0.197. The van der Waals surface area contributed by atoms with Crippen LogP contribution in [0.4, 0.5) is 0 Å². The molecule has 0 saturated carbocycles. The second kappa shape index (κ2) is 9.05. The molecule has 0 heterocycles. The Hall–Kier alpha value is -1.94. The van der Waals surface area contributed by atoms with E-state index < -0.39 is 5.03 Å². The Morgan fingerprint density at radius 2 is 2.26 bits per heavy atom. The number of hydrazone groups is 1. The van der Waals surface area contributed by atoms with Crippen molar-refractivity contribution in [3.63, 3.8) is 0 Å². The number of carbonyl (C=O) groups is 1. The van der Waals surface area contributed by atoms with Gasteiger partial charge in [-0.25, -0.2) is 15.2 Å². The van der Waals surface area contributed by atoms with Crippen molar-refractivity contribution < 1.29 is 14.7 Å². The number of carbonyl (C=O) groups excluding carboxylic acids is 1. The topological polar surface area (TPSA) is 135 Å².